The van der Waals surface area contributed by atoms with E-state index in [2.05, 4.69) is 10.2 Å². The quantitative estimate of drug-likeness (QED) is 0.687. The minimum Gasteiger partial charge on any atom is -0.315 e. The molecule has 2 aliphatic heterocycles. The van der Waals surface area contributed by atoms with Gasteiger partial charge in [-0.15, -0.1) is 0 Å². The molecule has 2 saturated heterocycles. The first-order valence-electron chi connectivity index (χ1n) is 5.90. The maximum absolute atomic E-state index is 3.56. The smallest absolute Gasteiger partial charge is 0.0224 e. The monoisotopic (exact) mass is 180 g/mol. The summed E-state index contributed by atoms with van der Waals surface area (Å²) in [5.74, 6) is 1.07. The van der Waals surface area contributed by atoms with E-state index in [9.17, 15) is 0 Å². The second-order valence-corrected chi connectivity index (χ2v) is 5.02. The average molecular weight is 180 g/mol. The first-order chi connectivity index (χ1) is 6.43. The molecule has 3 aliphatic rings. The first-order valence-corrected chi connectivity index (χ1v) is 5.90. The summed E-state index contributed by atoms with van der Waals surface area (Å²) in [4.78, 5) is 2.82. The predicted octanol–water partition coefficient (Wildman–Crippen LogP) is 1.22. The van der Waals surface area contributed by atoms with Gasteiger partial charge in [0.2, 0.25) is 0 Å². The van der Waals surface area contributed by atoms with Crippen molar-refractivity contribution in [2.45, 2.75) is 44.2 Å². The molecule has 0 unspecified atom stereocenters. The number of nitrogens with zero attached hydrogens (tertiary/aromatic N) is 1. The van der Waals surface area contributed by atoms with Crippen molar-refractivity contribution < 1.29 is 0 Å². The van der Waals surface area contributed by atoms with Crippen LogP contribution in [-0.2, 0) is 0 Å². The standard InChI is InChI=1S/C11H20N2/c1-2-9(1)8-13-10-3-4-11(13)7-12-6-5-10/h9-12H,1-8H2/t10-,11+/m0/s1. The van der Waals surface area contributed by atoms with Crippen LogP contribution in [0, 0.1) is 5.92 Å². The predicted molar refractivity (Wildman–Crippen MR) is 53.7 cm³/mol. The third-order valence-electron chi connectivity index (χ3n) is 3.97. The van der Waals surface area contributed by atoms with Gasteiger partial charge in [-0.1, -0.05) is 0 Å². The molecule has 3 fully saturated rings. The van der Waals surface area contributed by atoms with Gasteiger partial charge in [-0.05, 0) is 44.6 Å². The summed E-state index contributed by atoms with van der Waals surface area (Å²) in [6, 6.07) is 1.81. The molecule has 1 aliphatic carbocycles. The lowest BCUT2D eigenvalue weighted by atomic mass is 10.1. The van der Waals surface area contributed by atoms with Crippen LogP contribution in [0.5, 0.6) is 0 Å². The van der Waals surface area contributed by atoms with E-state index >= 15 is 0 Å². The van der Waals surface area contributed by atoms with Gasteiger partial charge in [0.1, 0.15) is 0 Å². The molecule has 2 heteroatoms. The van der Waals surface area contributed by atoms with Crippen LogP contribution in [0.4, 0.5) is 0 Å². The van der Waals surface area contributed by atoms with Crippen LogP contribution in [0.1, 0.15) is 32.1 Å². The van der Waals surface area contributed by atoms with Crippen molar-refractivity contribution in [1.29, 1.82) is 0 Å². The van der Waals surface area contributed by atoms with Gasteiger partial charge in [-0.3, -0.25) is 4.90 Å². The summed E-state index contributed by atoms with van der Waals surface area (Å²) in [7, 11) is 0. The highest BCUT2D eigenvalue weighted by molar-refractivity contribution is 4.94. The van der Waals surface area contributed by atoms with Crippen LogP contribution in [0.15, 0.2) is 0 Å². The molecular weight excluding hydrogens is 160 g/mol. The van der Waals surface area contributed by atoms with Crippen molar-refractivity contribution in [2.24, 2.45) is 5.92 Å². The Bertz CT molecular complexity index is 175. The third-order valence-corrected chi connectivity index (χ3v) is 3.97. The first kappa shape index (κ1) is 8.25. The fourth-order valence-electron chi connectivity index (χ4n) is 2.98. The molecule has 2 nitrogen and oxygen atoms in total. The van der Waals surface area contributed by atoms with E-state index in [-0.39, 0.29) is 0 Å². The SMILES string of the molecule is C1C[C@@H]2CC[C@H](CN1)N2CC1CC1. The molecule has 0 aromatic heterocycles. The van der Waals surface area contributed by atoms with E-state index in [1.54, 1.807) is 0 Å². The lowest BCUT2D eigenvalue weighted by Crippen LogP contribution is -2.39. The molecule has 0 spiro atoms. The maximum atomic E-state index is 3.56. The fourth-order valence-corrected chi connectivity index (χ4v) is 2.98. The molecule has 2 atom stereocenters. The van der Waals surface area contributed by atoms with Crippen molar-refractivity contribution in [3.8, 4) is 0 Å². The molecule has 0 aromatic carbocycles. The summed E-state index contributed by atoms with van der Waals surface area (Å²) in [6.45, 7) is 3.92. The van der Waals surface area contributed by atoms with Crippen molar-refractivity contribution in [3.63, 3.8) is 0 Å². The van der Waals surface area contributed by atoms with Crippen molar-refractivity contribution in [2.75, 3.05) is 19.6 Å². The van der Waals surface area contributed by atoms with Crippen LogP contribution in [0.3, 0.4) is 0 Å². The highest BCUT2D eigenvalue weighted by atomic mass is 15.2. The maximum Gasteiger partial charge on any atom is 0.0224 e. The molecule has 13 heavy (non-hydrogen) atoms. The number of fused-ring (bicyclic) bond motifs is 2. The Hall–Kier alpha value is -0.0800. The van der Waals surface area contributed by atoms with Crippen molar-refractivity contribution >= 4 is 0 Å². The number of rotatable bonds is 2. The molecular formula is C11H20N2. The van der Waals surface area contributed by atoms with Crippen LogP contribution >= 0.6 is 0 Å². The normalized spacial score (nSPS) is 40.6. The molecule has 2 bridgehead atoms. The summed E-state index contributed by atoms with van der Waals surface area (Å²) in [5.41, 5.74) is 0. The molecule has 0 aromatic rings. The van der Waals surface area contributed by atoms with Crippen LogP contribution < -0.4 is 5.32 Å². The molecule has 3 rings (SSSR count). The van der Waals surface area contributed by atoms with Gasteiger partial charge in [0, 0.05) is 25.2 Å². The summed E-state index contributed by atoms with van der Waals surface area (Å²) in [5, 5.41) is 3.56. The topological polar surface area (TPSA) is 15.3 Å². The van der Waals surface area contributed by atoms with Crippen molar-refractivity contribution in [3.05, 3.63) is 0 Å². The van der Waals surface area contributed by atoms with Crippen LogP contribution in [-0.4, -0.2) is 36.6 Å². The minimum atomic E-state index is 0.882. The molecule has 0 amide bonds. The number of hydrogen-bond donors (Lipinski definition) is 1. The molecule has 1 N–H and O–H groups in total. The van der Waals surface area contributed by atoms with Gasteiger partial charge in [-0.2, -0.15) is 0 Å². The van der Waals surface area contributed by atoms with E-state index in [0.29, 0.717) is 0 Å². The third kappa shape index (κ3) is 1.62. The van der Waals surface area contributed by atoms with Gasteiger partial charge in [0.25, 0.3) is 0 Å². The Kier molecular flexibility index (Phi) is 2.06. The Labute approximate surface area is 80.7 Å². The molecule has 2 heterocycles. The lowest BCUT2D eigenvalue weighted by Gasteiger charge is -2.27. The van der Waals surface area contributed by atoms with Gasteiger partial charge < -0.3 is 5.32 Å². The fraction of sp³-hybridized carbons (Fsp3) is 1.00. The second-order valence-electron chi connectivity index (χ2n) is 5.02. The summed E-state index contributed by atoms with van der Waals surface area (Å²) >= 11 is 0. The number of hydrogen-bond acceptors (Lipinski definition) is 2. The van der Waals surface area contributed by atoms with Crippen molar-refractivity contribution in [1.82, 2.24) is 10.2 Å². The zero-order valence-corrected chi connectivity index (χ0v) is 8.34. The zero-order chi connectivity index (χ0) is 8.67. The van der Waals surface area contributed by atoms with Gasteiger partial charge in [-0.25, -0.2) is 0 Å². The summed E-state index contributed by atoms with van der Waals surface area (Å²) < 4.78 is 0. The Balaban J connectivity index is 1.68. The van der Waals surface area contributed by atoms with E-state index in [0.717, 1.165) is 18.0 Å². The zero-order valence-electron chi connectivity index (χ0n) is 8.34. The highest BCUT2D eigenvalue weighted by Crippen LogP contribution is 2.35. The Morgan fingerprint density at radius 1 is 1.00 bits per heavy atom. The second kappa shape index (κ2) is 3.25. The molecule has 74 valence electrons. The Morgan fingerprint density at radius 3 is 2.69 bits per heavy atom. The average Bonchev–Trinajstić information content (AvgIpc) is 2.81. The van der Waals surface area contributed by atoms with E-state index in [1.807, 2.05) is 0 Å². The van der Waals surface area contributed by atoms with Gasteiger partial charge >= 0.3 is 0 Å². The van der Waals surface area contributed by atoms with Crippen LogP contribution in [0.2, 0.25) is 0 Å². The largest absolute Gasteiger partial charge is 0.315 e. The van der Waals surface area contributed by atoms with E-state index < -0.39 is 0 Å². The highest BCUT2D eigenvalue weighted by Gasteiger charge is 2.37. The van der Waals surface area contributed by atoms with E-state index in [4.69, 9.17) is 0 Å². The number of nitrogens with one attached hydrogen (secondary N) is 1. The minimum absolute atomic E-state index is 0.882. The van der Waals surface area contributed by atoms with Gasteiger partial charge in [0.15, 0.2) is 0 Å². The molecule has 1 saturated carbocycles. The Morgan fingerprint density at radius 2 is 1.85 bits per heavy atom. The van der Waals surface area contributed by atoms with E-state index in [1.165, 1.54) is 51.7 Å². The molecule has 0 radical (unpaired) electrons. The van der Waals surface area contributed by atoms with Crippen LogP contribution in [0.25, 0.3) is 0 Å². The van der Waals surface area contributed by atoms with Gasteiger partial charge in [0.05, 0.1) is 0 Å². The summed E-state index contributed by atoms with van der Waals surface area (Å²) in [6.07, 6.45) is 7.32. The lowest BCUT2D eigenvalue weighted by molar-refractivity contribution is 0.194.